The number of hydrogen-bond donors (Lipinski definition) is 0. The summed E-state index contributed by atoms with van der Waals surface area (Å²) >= 11 is 6.33. The Bertz CT molecular complexity index is 1400. The quantitative estimate of drug-likeness (QED) is 0.521. The number of carbonyl (C=O) groups excluding carboxylic acids is 1. The molecule has 1 aromatic carbocycles. The number of rotatable bonds is 5. The summed E-state index contributed by atoms with van der Waals surface area (Å²) in [6.45, 7) is 4.36. The molecule has 0 N–H and O–H groups in total. The first-order chi connectivity index (χ1) is 16.8. The van der Waals surface area contributed by atoms with Crippen LogP contribution in [0, 0.1) is 19.7 Å². The van der Waals surface area contributed by atoms with E-state index < -0.39 is 12.5 Å². The molecular weight excluding hydrogens is 476 g/mol. The van der Waals surface area contributed by atoms with E-state index in [-0.39, 0.29) is 23.8 Å². The maximum absolute atomic E-state index is 14.2. The maximum Gasteiger partial charge on any atom is 0.258 e. The zero-order chi connectivity index (χ0) is 24.4. The largest absolute Gasteiger partial charge is 0.485 e. The van der Waals surface area contributed by atoms with Gasteiger partial charge in [-0.05, 0) is 38.0 Å². The van der Waals surface area contributed by atoms with Crippen molar-refractivity contribution in [1.29, 1.82) is 0 Å². The molecule has 35 heavy (non-hydrogen) atoms. The Morgan fingerprint density at radius 3 is 2.86 bits per heavy atom. The van der Waals surface area contributed by atoms with Crippen molar-refractivity contribution < 1.29 is 18.3 Å². The fourth-order valence-corrected chi connectivity index (χ4v) is 5.53. The lowest BCUT2D eigenvalue weighted by atomic mass is 10.1. The van der Waals surface area contributed by atoms with E-state index in [0.717, 1.165) is 28.9 Å². The zero-order valence-corrected chi connectivity index (χ0v) is 20.1. The molecule has 6 rings (SSSR count). The highest BCUT2D eigenvalue weighted by Crippen LogP contribution is 2.39. The third-order valence-electron chi connectivity index (χ3n) is 7.20. The summed E-state index contributed by atoms with van der Waals surface area (Å²) in [7, 11) is 0. The van der Waals surface area contributed by atoms with Crippen LogP contribution in [0.5, 0.6) is 5.75 Å². The van der Waals surface area contributed by atoms with Crippen molar-refractivity contribution in [2.45, 2.75) is 51.9 Å². The summed E-state index contributed by atoms with van der Waals surface area (Å²) in [5.41, 5.74) is 5.22. The first kappa shape index (κ1) is 22.3. The summed E-state index contributed by atoms with van der Waals surface area (Å²) in [5, 5.41) is 5.21. The van der Waals surface area contributed by atoms with Gasteiger partial charge < -0.3 is 14.5 Å². The second-order valence-corrected chi connectivity index (χ2v) is 9.77. The van der Waals surface area contributed by atoms with Crippen LogP contribution in [0.4, 0.5) is 8.78 Å². The van der Waals surface area contributed by atoms with Gasteiger partial charge >= 0.3 is 0 Å². The number of alkyl halides is 1. The number of carbonyl (C=O) groups is 1. The summed E-state index contributed by atoms with van der Waals surface area (Å²) < 4.78 is 34.8. The average Bonchev–Trinajstić information content (AvgIpc) is 3.58. The third kappa shape index (κ3) is 3.55. The van der Waals surface area contributed by atoms with Crippen LogP contribution < -0.4 is 4.74 Å². The molecule has 2 aliphatic heterocycles. The molecule has 182 valence electrons. The van der Waals surface area contributed by atoms with Crippen molar-refractivity contribution in [3.05, 3.63) is 69.0 Å². The Morgan fingerprint density at radius 2 is 2.11 bits per heavy atom. The fraction of sp³-hybridized carbons (Fsp3) is 0.400. The summed E-state index contributed by atoms with van der Waals surface area (Å²) in [6, 6.07) is 4.20. The number of ether oxygens (including phenoxy) is 1. The van der Waals surface area contributed by atoms with Gasteiger partial charge in [-0.1, -0.05) is 11.6 Å². The zero-order valence-electron chi connectivity index (χ0n) is 19.4. The molecule has 1 fully saturated rings. The molecule has 1 saturated carbocycles. The van der Waals surface area contributed by atoms with E-state index in [1.165, 1.54) is 18.2 Å². The van der Waals surface area contributed by atoms with Gasteiger partial charge in [-0.15, -0.1) is 0 Å². The van der Waals surface area contributed by atoms with Crippen LogP contribution in [0.2, 0.25) is 5.02 Å². The highest BCUT2D eigenvalue weighted by atomic mass is 35.5. The number of aromatic nitrogens is 3. The predicted molar refractivity (Wildman–Crippen MR) is 126 cm³/mol. The molecule has 3 aromatic rings. The summed E-state index contributed by atoms with van der Waals surface area (Å²) in [5.74, 6) is -0.502. The molecule has 1 amide bonds. The number of halogens is 3. The highest BCUT2D eigenvalue weighted by molar-refractivity contribution is 6.31. The van der Waals surface area contributed by atoms with E-state index in [1.807, 2.05) is 24.9 Å². The van der Waals surface area contributed by atoms with Gasteiger partial charge in [-0.25, -0.2) is 18.3 Å². The fourth-order valence-electron chi connectivity index (χ4n) is 5.41. The Morgan fingerprint density at radius 1 is 1.29 bits per heavy atom. The second-order valence-electron chi connectivity index (χ2n) is 9.39. The first-order valence-corrected chi connectivity index (χ1v) is 12.0. The van der Waals surface area contributed by atoms with Crippen LogP contribution in [0.25, 0.3) is 5.65 Å². The lowest BCUT2D eigenvalue weighted by Crippen LogP contribution is -2.33. The Labute approximate surface area is 205 Å². The SMILES string of the molecule is Cc1nc2c3c(nn2c(C)c1Cl)CN(C(=O)c1ccc(F)cc1O[C@H]1C[C@H]2CC1=CN2CCF)C3. The highest BCUT2D eigenvalue weighted by Gasteiger charge is 2.40. The molecular formula is C25H24ClF2N5O2. The second kappa shape index (κ2) is 8.19. The standard InChI is InChI=1S/C25H24ClF2N5O2/c1-13-23(26)14(2)33-24(29-13)19-11-32(12-20(19)30-33)25(34)18-4-3-16(28)8-22(18)35-21-9-17-7-15(21)10-31(17)6-5-27/h3-4,8,10,17,21H,5-7,9,11-12H2,1-2H3/t17-,21+/m1/s1. The number of benzene rings is 1. The van der Waals surface area contributed by atoms with Gasteiger partial charge in [-0.2, -0.15) is 5.10 Å². The van der Waals surface area contributed by atoms with Crippen molar-refractivity contribution >= 4 is 23.2 Å². The van der Waals surface area contributed by atoms with E-state index in [9.17, 15) is 13.6 Å². The minimum Gasteiger partial charge on any atom is -0.485 e. The summed E-state index contributed by atoms with van der Waals surface area (Å²) in [6.07, 6.45) is 3.19. The smallest absolute Gasteiger partial charge is 0.258 e. The maximum atomic E-state index is 14.2. The van der Waals surface area contributed by atoms with Crippen molar-refractivity contribution in [3.8, 4) is 5.75 Å². The molecule has 0 radical (unpaired) electrons. The molecule has 10 heteroatoms. The minimum atomic E-state index is -0.470. The van der Waals surface area contributed by atoms with Gasteiger partial charge in [-0.3, -0.25) is 4.79 Å². The first-order valence-electron chi connectivity index (χ1n) is 11.6. The number of fused-ring (bicyclic) bond motifs is 5. The lowest BCUT2D eigenvalue weighted by Gasteiger charge is -2.28. The van der Waals surface area contributed by atoms with Gasteiger partial charge in [0.1, 0.15) is 24.3 Å². The van der Waals surface area contributed by atoms with E-state index in [4.69, 9.17) is 16.3 Å². The van der Waals surface area contributed by atoms with E-state index in [2.05, 4.69) is 10.1 Å². The molecule has 2 bridgehead atoms. The van der Waals surface area contributed by atoms with Crippen molar-refractivity contribution in [2.75, 3.05) is 13.2 Å². The molecule has 7 nitrogen and oxygen atoms in total. The lowest BCUT2D eigenvalue weighted by molar-refractivity contribution is 0.0742. The monoisotopic (exact) mass is 499 g/mol. The minimum absolute atomic E-state index is 0.191. The van der Waals surface area contributed by atoms with Crippen molar-refractivity contribution in [1.82, 2.24) is 24.4 Å². The van der Waals surface area contributed by atoms with Crippen LogP contribution >= 0.6 is 11.6 Å². The molecule has 1 aliphatic carbocycles. The molecule has 4 heterocycles. The number of aryl methyl sites for hydroxylation is 2. The molecule has 0 spiro atoms. The molecule has 0 unspecified atom stereocenters. The molecule has 2 aromatic heterocycles. The predicted octanol–water partition coefficient (Wildman–Crippen LogP) is 4.37. The number of nitrogens with zero attached hydrogens (tertiary/aromatic N) is 5. The van der Waals surface area contributed by atoms with Gasteiger partial charge in [0.25, 0.3) is 5.91 Å². The van der Waals surface area contributed by atoms with Gasteiger partial charge in [0.05, 0.1) is 40.8 Å². The van der Waals surface area contributed by atoms with Crippen molar-refractivity contribution in [2.24, 2.45) is 0 Å². The molecule has 0 saturated heterocycles. The topological polar surface area (TPSA) is 63.0 Å². The molecule has 3 aliphatic rings. The van der Waals surface area contributed by atoms with Gasteiger partial charge in [0, 0.05) is 36.8 Å². The Hall–Kier alpha value is -3.20. The number of amides is 1. The third-order valence-corrected chi connectivity index (χ3v) is 7.75. The van der Waals surface area contributed by atoms with Crippen LogP contribution in [-0.2, 0) is 13.1 Å². The Kier molecular flexibility index (Phi) is 5.21. The van der Waals surface area contributed by atoms with Gasteiger partial charge in [0.15, 0.2) is 5.65 Å². The van der Waals surface area contributed by atoms with Crippen molar-refractivity contribution in [3.63, 3.8) is 0 Å². The van der Waals surface area contributed by atoms with E-state index >= 15 is 0 Å². The molecule has 2 atom stereocenters. The Balaban J connectivity index is 1.25. The average molecular weight is 500 g/mol. The summed E-state index contributed by atoms with van der Waals surface area (Å²) in [4.78, 5) is 21.8. The van der Waals surface area contributed by atoms with Crippen LogP contribution in [0.1, 0.15) is 45.8 Å². The normalized spacial score (nSPS) is 20.7. The van der Waals surface area contributed by atoms with Gasteiger partial charge in [0.2, 0.25) is 0 Å². The van der Waals surface area contributed by atoms with Crippen LogP contribution in [0.15, 0.2) is 30.0 Å². The number of hydrogen-bond acceptors (Lipinski definition) is 5. The van der Waals surface area contributed by atoms with Crippen LogP contribution in [0.3, 0.4) is 0 Å². The van der Waals surface area contributed by atoms with Crippen LogP contribution in [-0.4, -0.2) is 55.7 Å². The van der Waals surface area contributed by atoms with E-state index in [0.29, 0.717) is 48.0 Å². The van der Waals surface area contributed by atoms with E-state index in [1.54, 1.807) is 9.42 Å².